The van der Waals surface area contributed by atoms with E-state index in [4.69, 9.17) is 5.11 Å². The fourth-order valence-corrected chi connectivity index (χ4v) is 1.74. The van der Waals surface area contributed by atoms with Gasteiger partial charge in [-0.3, -0.25) is 0 Å². The second kappa shape index (κ2) is 4.63. The lowest BCUT2D eigenvalue weighted by molar-refractivity contribution is 0.214. The Balaban J connectivity index is 2.21. The van der Waals surface area contributed by atoms with Gasteiger partial charge in [0, 0.05) is 0 Å². The predicted molar refractivity (Wildman–Crippen MR) is 51.1 cm³/mol. The maximum atomic E-state index is 8.81. The van der Waals surface area contributed by atoms with Gasteiger partial charge in [-0.2, -0.15) is 0 Å². The summed E-state index contributed by atoms with van der Waals surface area (Å²) in [7, 11) is 2.16. The molecule has 0 aromatic carbocycles. The first-order chi connectivity index (χ1) is 5.72. The third-order valence-corrected chi connectivity index (χ3v) is 2.64. The first-order valence-electron chi connectivity index (χ1n) is 4.68. The molecule has 0 unspecified atom stereocenters. The summed E-state index contributed by atoms with van der Waals surface area (Å²) in [5, 5.41) is 8.81. The SMILES string of the molecule is C=C(CO)CC1CCN(C)CC1. The molecule has 0 spiro atoms. The zero-order valence-corrected chi connectivity index (χ0v) is 7.92. The highest BCUT2D eigenvalue weighted by molar-refractivity contribution is 4.96. The van der Waals surface area contributed by atoms with Gasteiger partial charge in [0.25, 0.3) is 0 Å². The normalized spacial score (nSPS) is 21.2. The molecule has 0 aromatic heterocycles. The summed E-state index contributed by atoms with van der Waals surface area (Å²) in [5.74, 6) is 0.765. The zero-order valence-electron chi connectivity index (χ0n) is 7.92. The van der Waals surface area contributed by atoms with Crippen LogP contribution < -0.4 is 0 Å². The van der Waals surface area contributed by atoms with E-state index in [1.165, 1.54) is 25.9 Å². The molecule has 1 aliphatic heterocycles. The standard InChI is InChI=1S/C10H19NO/c1-9(8-12)7-10-3-5-11(2)6-4-10/h10,12H,1,3-8H2,2H3. The van der Waals surface area contributed by atoms with Crippen LogP contribution in [0.25, 0.3) is 0 Å². The number of rotatable bonds is 3. The molecule has 1 N–H and O–H groups in total. The van der Waals surface area contributed by atoms with E-state index in [9.17, 15) is 0 Å². The van der Waals surface area contributed by atoms with Crippen molar-refractivity contribution in [1.29, 1.82) is 0 Å². The van der Waals surface area contributed by atoms with Gasteiger partial charge in [0.05, 0.1) is 6.61 Å². The third-order valence-electron chi connectivity index (χ3n) is 2.64. The van der Waals surface area contributed by atoms with Gasteiger partial charge in [-0.1, -0.05) is 12.2 Å². The fourth-order valence-electron chi connectivity index (χ4n) is 1.74. The quantitative estimate of drug-likeness (QED) is 0.643. The lowest BCUT2D eigenvalue weighted by atomic mass is 9.91. The van der Waals surface area contributed by atoms with Gasteiger partial charge >= 0.3 is 0 Å². The maximum absolute atomic E-state index is 8.81. The molecule has 2 nitrogen and oxygen atoms in total. The van der Waals surface area contributed by atoms with Crippen molar-refractivity contribution in [3.63, 3.8) is 0 Å². The summed E-state index contributed by atoms with van der Waals surface area (Å²) in [6.45, 7) is 6.38. The van der Waals surface area contributed by atoms with Gasteiger partial charge in [-0.15, -0.1) is 0 Å². The summed E-state index contributed by atoms with van der Waals surface area (Å²) < 4.78 is 0. The highest BCUT2D eigenvalue weighted by atomic mass is 16.3. The van der Waals surface area contributed by atoms with E-state index in [2.05, 4.69) is 18.5 Å². The number of piperidine rings is 1. The van der Waals surface area contributed by atoms with Crippen LogP contribution in [-0.2, 0) is 0 Å². The van der Waals surface area contributed by atoms with E-state index in [1.54, 1.807) is 0 Å². The largest absolute Gasteiger partial charge is 0.392 e. The van der Waals surface area contributed by atoms with Crippen LogP contribution in [0.15, 0.2) is 12.2 Å². The topological polar surface area (TPSA) is 23.5 Å². The molecular formula is C10H19NO. The minimum atomic E-state index is 0.159. The van der Waals surface area contributed by atoms with Crippen molar-refractivity contribution < 1.29 is 5.11 Å². The minimum absolute atomic E-state index is 0.159. The van der Waals surface area contributed by atoms with E-state index in [1.807, 2.05) is 0 Å². The lowest BCUT2D eigenvalue weighted by Gasteiger charge is -2.29. The molecule has 2 heteroatoms. The Bertz CT molecular complexity index is 148. The molecule has 1 rings (SSSR count). The Hall–Kier alpha value is -0.340. The van der Waals surface area contributed by atoms with Crippen LogP contribution >= 0.6 is 0 Å². The minimum Gasteiger partial charge on any atom is -0.392 e. The molecule has 0 radical (unpaired) electrons. The summed E-state index contributed by atoms with van der Waals surface area (Å²) >= 11 is 0. The number of aliphatic hydroxyl groups excluding tert-OH is 1. The van der Waals surface area contributed by atoms with Crippen molar-refractivity contribution in [2.24, 2.45) is 5.92 Å². The predicted octanol–water partition coefficient (Wildman–Crippen LogP) is 1.27. The first-order valence-corrected chi connectivity index (χ1v) is 4.68. The summed E-state index contributed by atoms with van der Waals surface area (Å²) in [6.07, 6.45) is 3.54. The molecule has 0 amide bonds. The van der Waals surface area contributed by atoms with Crippen molar-refractivity contribution in [3.8, 4) is 0 Å². The molecule has 1 aliphatic rings. The average Bonchev–Trinajstić information content (AvgIpc) is 2.09. The molecule has 0 aromatic rings. The van der Waals surface area contributed by atoms with Crippen LogP contribution in [0.3, 0.4) is 0 Å². The van der Waals surface area contributed by atoms with Crippen molar-refractivity contribution in [2.75, 3.05) is 26.7 Å². The highest BCUT2D eigenvalue weighted by Crippen LogP contribution is 2.22. The Labute approximate surface area is 74.9 Å². The molecule has 0 bridgehead atoms. The second-order valence-corrected chi connectivity index (χ2v) is 3.86. The number of hydrogen-bond acceptors (Lipinski definition) is 2. The lowest BCUT2D eigenvalue weighted by Crippen LogP contribution is -2.30. The zero-order chi connectivity index (χ0) is 8.97. The van der Waals surface area contributed by atoms with Crippen molar-refractivity contribution in [2.45, 2.75) is 19.3 Å². The summed E-state index contributed by atoms with van der Waals surface area (Å²) in [5.41, 5.74) is 0.990. The monoisotopic (exact) mass is 169 g/mol. The van der Waals surface area contributed by atoms with Gasteiger partial charge in [0.15, 0.2) is 0 Å². The molecule has 0 aliphatic carbocycles. The Morgan fingerprint density at radius 1 is 1.50 bits per heavy atom. The molecular weight excluding hydrogens is 150 g/mol. The number of nitrogens with zero attached hydrogens (tertiary/aromatic N) is 1. The van der Waals surface area contributed by atoms with E-state index >= 15 is 0 Å². The van der Waals surface area contributed by atoms with E-state index in [0.29, 0.717) is 0 Å². The molecule has 0 atom stereocenters. The van der Waals surface area contributed by atoms with Crippen molar-refractivity contribution in [1.82, 2.24) is 4.90 Å². The van der Waals surface area contributed by atoms with Crippen molar-refractivity contribution in [3.05, 3.63) is 12.2 Å². The molecule has 1 heterocycles. The van der Waals surface area contributed by atoms with Gasteiger partial charge in [0.2, 0.25) is 0 Å². The van der Waals surface area contributed by atoms with E-state index < -0.39 is 0 Å². The van der Waals surface area contributed by atoms with Crippen LogP contribution in [0.1, 0.15) is 19.3 Å². The summed E-state index contributed by atoms with van der Waals surface area (Å²) in [6, 6.07) is 0. The molecule has 70 valence electrons. The fraction of sp³-hybridized carbons (Fsp3) is 0.800. The van der Waals surface area contributed by atoms with Gasteiger partial charge < -0.3 is 10.0 Å². The van der Waals surface area contributed by atoms with Gasteiger partial charge in [-0.05, 0) is 45.3 Å². The maximum Gasteiger partial charge on any atom is 0.0639 e. The summed E-state index contributed by atoms with van der Waals surface area (Å²) in [4.78, 5) is 2.36. The van der Waals surface area contributed by atoms with Crippen LogP contribution in [0.2, 0.25) is 0 Å². The molecule has 12 heavy (non-hydrogen) atoms. The third kappa shape index (κ3) is 2.95. The number of aliphatic hydroxyl groups is 1. The smallest absolute Gasteiger partial charge is 0.0639 e. The van der Waals surface area contributed by atoms with Crippen LogP contribution in [-0.4, -0.2) is 36.8 Å². The van der Waals surface area contributed by atoms with Crippen LogP contribution in [0.5, 0.6) is 0 Å². The van der Waals surface area contributed by atoms with Crippen LogP contribution in [0, 0.1) is 5.92 Å². The molecule has 1 saturated heterocycles. The van der Waals surface area contributed by atoms with Crippen LogP contribution in [0.4, 0.5) is 0 Å². The number of likely N-dealkylation sites (tertiary alicyclic amines) is 1. The Morgan fingerprint density at radius 3 is 2.58 bits per heavy atom. The first kappa shape index (κ1) is 9.75. The van der Waals surface area contributed by atoms with E-state index in [0.717, 1.165) is 17.9 Å². The average molecular weight is 169 g/mol. The molecule has 0 saturated carbocycles. The van der Waals surface area contributed by atoms with Crippen molar-refractivity contribution >= 4 is 0 Å². The van der Waals surface area contributed by atoms with Gasteiger partial charge in [0.1, 0.15) is 0 Å². The highest BCUT2D eigenvalue weighted by Gasteiger charge is 2.16. The molecule has 1 fully saturated rings. The van der Waals surface area contributed by atoms with E-state index in [-0.39, 0.29) is 6.61 Å². The second-order valence-electron chi connectivity index (χ2n) is 3.86. The van der Waals surface area contributed by atoms with Gasteiger partial charge in [-0.25, -0.2) is 0 Å². The Morgan fingerprint density at radius 2 is 2.08 bits per heavy atom. The number of hydrogen-bond donors (Lipinski definition) is 1. The Kier molecular flexibility index (Phi) is 3.76.